The molecule has 0 nitrogen and oxygen atoms in total. The molecule has 0 unspecified atom stereocenters. The fourth-order valence-corrected chi connectivity index (χ4v) is 3.19. The maximum absolute atomic E-state index is 2.33. The molecule has 0 spiro atoms. The van der Waals surface area contributed by atoms with Crippen LogP contribution in [0.4, 0.5) is 0 Å². The molecule has 0 N–H and O–H groups in total. The molecule has 0 radical (unpaired) electrons. The van der Waals surface area contributed by atoms with Crippen molar-refractivity contribution in [1.29, 1.82) is 0 Å². The van der Waals surface area contributed by atoms with Gasteiger partial charge in [-0.3, -0.25) is 0 Å². The van der Waals surface area contributed by atoms with Crippen LogP contribution in [0.1, 0.15) is 22.6 Å². The van der Waals surface area contributed by atoms with E-state index in [0.717, 1.165) is 6.42 Å². The Hall–Kier alpha value is -2.60. The first-order valence-electron chi connectivity index (χ1n) is 7.82. The molecule has 3 aromatic rings. The molecule has 0 saturated carbocycles. The van der Waals surface area contributed by atoms with Gasteiger partial charge in [-0.25, -0.2) is 0 Å². The summed E-state index contributed by atoms with van der Waals surface area (Å²) >= 11 is 0. The fourth-order valence-electron chi connectivity index (χ4n) is 3.19. The van der Waals surface area contributed by atoms with Gasteiger partial charge in [-0.1, -0.05) is 91.0 Å². The molecule has 0 heterocycles. The van der Waals surface area contributed by atoms with Crippen LogP contribution in [0, 0.1) is 0 Å². The molecule has 0 aromatic heterocycles. The van der Waals surface area contributed by atoms with Crippen LogP contribution < -0.4 is 0 Å². The van der Waals surface area contributed by atoms with Crippen molar-refractivity contribution in [3.05, 3.63) is 102 Å². The fraction of sp³-hybridized carbons (Fsp3) is 0.0909. The maximum Gasteiger partial charge on any atom is 0.00619 e. The van der Waals surface area contributed by atoms with Crippen LogP contribution in [0.25, 0.3) is 17.2 Å². The van der Waals surface area contributed by atoms with Crippen LogP contribution >= 0.6 is 0 Å². The summed E-state index contributed by atoms with van der Waals surface area (Å²) in [6.07, 6.45) is 5.69. The van der Waals surface area contributed by atoms with Crippen molar-refractivity contribution in [2.45, 2.75) is 12.3 Å². The molecule has 1 atom stereocenters. The summed E-state index contributed by atoms with van der Waals surface area (Å²) in [5, 5.41) is 0. The van der Waals surface area contributed by atoms with Crippen molar-refractivity contribution in [3.8, 4) is 11.1 Å². The second kappa shape index (κ2) is 5.65. The Labute approximate surface area is 131 Å². The second-order valence-corrected chi connectivity index (χ2v) is 5.86. The number of rotatable bonds is 2. The smallest absolute Gasteiger partial charge is 0.00619 e. The van der Waals surface area contributed by atoms with Crippen LogP contribution in [0.2, 0.25) is 0 Å². The average Bonchev–Trinajstić information content (AvgIpc) is 2.62. The Kier molecular flexibility index (Phi) is 3.36. The summed E-state index contributed by atoms with van der Waals surface area (Å²) < 4.78 is 0. The van der Waals surface area contributed by atoms with Gasteiger partial charge in [-0.05, 0) is 34.2 Å². The Morgan fingerprint density at radius 3 is 2.14 bits per heavy atom. The molecule has 0 bridgehead atoms. The van der Waals surface area contributed by atoms with Gasteiger partial charge in [0.05, 0.1) is 0 Å². The third-order valence-electron chi connectivity index (χ3n) is 4.45. The van der Waals surface area contributed by atoms with Crippen molar-refractivity contribution < 1.29 is 0 Å². The van der Waals surface area contributed by atoms with Gasteiger partial charge in [0.25, 0.3) is 0 Å². The van der Waals surface area contributed by atoms with Crippen LogP contribution in [0.15, 0.2) is 84.9 Å². The summed E-state index contributed by atoms with van der Waals surface area (Å²) in [4.78, 5) is 0. The van der Waals surface area contributed by atoms with E-state index in [1.165, 1.54) is 27.8 Å². The van der Waals surface area contributed by atoms with Crippen LogP contribution in [0.3, 0.4) is 0 Å². The molecular weight excluding hydrogens is 264 g/mol. The number of hydrogen-bond acceptors (Lipinski definition) is 0. The van der Waals surface area contributed by atoms with Gasteiger partial charge in [0.15, 0.2) is 0 Å². The lowest BCUT2D eigenvalue weighted by atomic mass is 9.85. The highest BCUT2D eigenvalue weighted by Crippen LogP contribution is 2.31. The van der Waals surface area contributed by atoms with E-state index in [4.69, 9.17) is 0 Å². The van der Waals surface area contributed by atoms with Crippen LogP contribution in [-0.2, 0) is 6.42 Å². The highest BCUT2D eigenvalue weighted by Gasteiger charge is 2.15. The van der Waals surface area contributed by atoms with Gasteiger partial charge in [0.1, 0.15) is 0 Å². The molecule has 1 aliphatic carbocycles. The minimum atomic E-state index is 0.486. The summed E-state index contributed by atoms with van der Waals surface area (Å²) in [6, 6.07) is 28.2. The highest BCUT2D eigenvalue weighted by atomic mass is 14.2. The van der Waals surface area contributed by atoms with Crippen molar-refractivity contribution in [2.75, 3.05) is 0 Å². The third kappa shape index (κ3) is 2.48. The molecule has 22 heavy (non-hydrogen) atoms. The summed E-state index contributed by atoms with van der Waals surface area (Å²) in [7, 11) is 0. The lowest BCUT2D eigenvalue weighted by molar-refractivity contribution is 0.827. The van der Waals surface area contributed by atoms with E-state index >= 15 is 0 Å². The largest absolute Gasteiger partial charge is 0.0761 e. The molecule has 4 rings (SSSR count). The van der Waals surface area contributed by atoms with Crippen molar-refractivity contribution in [3.63, 3.8) is 0 Å². The first-order chi connectivity index (χ1) is 10.9. The van der Waals surface area contributed by atoms with Gasteiger partial charge < -0.3 is 0 Å². The Morgan fingerprint density at radius 2 is 1.32 bits per heavy atom. The highest BCUT2D eigenvalue weighted by molar-refractivity contribution is 5.64. The molecule has 0 amide bonds. The summed E-state index contributed by atoms with van der Waals surface area (Å²) in [5.41, 5.74) is 6.76. The third-order valence-corrected chi connectivity index (χ3v) is 4.45. The molecule has 106 valence electrons. The first kappa shape index (κ1) is 13.1. The van der Waals surface area contributed by atoms with Gasteiger partial charge >= 0.3 is 0 Å². The van der Waals surface area contributed by atoms with E-state index in [2.05, 4.69) is 91.0 Å². The SMILES string of the molecule is C1=C[C@@H](c2ccc(-c3ccccc3)cc2)Cc2ccccc21. The van der Waals surface area contributed by atoms with E-state index < -0.39 is 0 Å². The van der Waals surface area contributed by atoms with E-state index in [9.17, 15) is 0 Å². The lowest BCUT2D eigenvalue weighted by Crippen LogP contribution is -2.05. The predicted octanol–water partition coefficient (Wildman–Crippen LogP) is 5.71. The van der Waals surface area contributed by atoms with Gasteiger partial charge in [-0.15, -0.1) is 0 Å². The molecule has 0 saturated heterocycles. The topological polar surface area (TPSA) is 0 Å². The number of allylic oxidation sites excluding steroid dienone is 1. The quantitative estimate of drug-likeness (QED) is 0.565. The molecule has 0 fully saturated rings. The van der Waals surface area contributed by atoms with Gasteiger partial charge in [0, 0.05) is 5.92 Å². The zero-order valence-corrected chi connectivity index (χ0v) is 12.4. The van der Waals surface area contributed by atoms with Crippen molar-refractivity contribution in [1.82, 2.24) is 0 Å². The molecule has 0 aliphatic heterocycles. The maximum atomic E-state index is 2.33. The van der Waals surface area contributed by atoms with Gasteiger partial charge in [0.2, 0.25) is 0 Å². The van der Waals surface area contributed by atoms with Crippen molar-refractivity contribution >= 4 is 6.08 Å². The first-order valence-corrected chi connectivity index (χ1v) is 7.82. The minimum Gasteiger partial charge on any atom is -0.0761 e. The molecule has 0 heteroatoms. The Bertz CT molecular complexity index is 795. The van der Waals surface area contributed by atoms with E-state index in [0.29, 0.717) is 5.92 Å². The predicted molar refractivity (Wildman–Crippen MR) is 93.8 cm³/mol. The zero-order valence-electron chi connectivity index (χ0n) is 12.4. The molecule has 3 aromatic carbocycles. The Morgan fingerprint density at radius 1 is 0.636 bits per heavy atom. The zero-order chi connectivity index (χ0) is 14.8. The molecular formula is C22H18. The van der Waals surface area contributed by atoms with E-state index in [1.54, 1.807) is 0 Å². The average molecular weight is 282 g/mol. The number of benzene rings is 3. The van der Waals surface area contributed by atoms with Crippen LogP contribution in [0.5, 0.6) is 0 Å². The standard InChI is InChI=1S/C22H18/c1-2-6-17(7-3-1)19-10-12-20(13-11-19)22-15-14-18-8-4-5-9-21(18)16-22/h1-15,22H,16H2/t22-/m1/s1. The minimum absolute atomic E-state index is 0.486. The van der Waals surface area contributed by atoms with Gasteiger partial charge in [-0.2, -0.15) is 0 Å². The normalized spacial score (nSPS) is 16.3. The second-order valence-electron chi connectivity index (χ2n) is 5.86. The van der Waals surface area contributed by atoms with E-state index in [-0.39, 0.29) is 0 Å². The van der Waals surface area contributed by atoms with Crippen LogP contribution in [-0.4, -0.2) is 0 Å². The summed E-state index contributed by atoms with van der Waals surface area (Å²) in [6.45, 7) is 0. The lowest BCUT2D eigenvalue weighted by Gasteiger charge is -2.20. The summed E-state index contributed by atoms with van der Waals surface area (Å²) in [5.74, 6) is 0.486. The number of fused-ring (bicyclic) bond motifs is 1. The van der Waals surface area contributed by atoms with E-state index in [1.807, 2.05) is 0 Å². The number of hydrogen-bond donors (Lipinski definition) is 0. The van der Waals surface area contributed by atoms with Crippen molar-refractivity contribution in [2.24, 2.45) is 0 Å². The molecule has 1 aliphatic rings. The Balaban J connectivity index is 1.60. The monoisotopic (exact) mass is 282 g/mol.